The molecule has 7 heteroatoms. The van der Waals surface area contributed by atoms with E-state index < -0.39 is 6.03 Å². The SMILES string of the molecule is NC(=O)Nc1ccc2c(c1)C(=Cc1cc(-c3cccnc3)c[nH]1)C(=O)N2. The van der Waals surface area contributed by atoms with Crippen molar-refractivity contribution in [3.8, 4) is 11.1 Å². The molecule has 0 saturated heterocycles. The highest BCUT2D eigenvalue weighted by Crippen LogP contribution is 2.35. The van der Waals surface area contributed by atoms with Crippen molar-refractivity contribution in [3.05, 3.63) is 66.2 Å². The molecule has 0 aliphatic carbocycles. The minimum atomic E-state index is -0.654. The number of aromatic nitrogens is 2. The fraction of sp³-hybridized carbons (Fsp3) is 0. The van der Waals surface area contributed by atoms with E-state index in [0.29, 0.717) is 22.5 Å². The largest absolute Gasteiger partial charge is 0.361 e. The fourth-order valence-electron chi connectivity index (χ4n) is 2.90. The zero-order valence-corrected chi connectivity index (χ0v) is 13.6. The van der Waals surface area contributed by atoms with Crippen molar-refractivity contribution < 1.29 is 9.59 Å². The second kappa shape index (κ2) is 6.21. The summed E-state index contributed by atoms with van der Waals surface area (Å²) in [5, 5.41) is 5.33. The number of H-pyrrole nitrogens is 1. The molecule has 4 rings (SSSR count). The number of fused-ring (bicyclic) bond motifs is 1. The number of benzene rings is 1. The molecule has 1 aliphatic rings. The second-order valence-electron chi connectivity index (χ2n) is 5.85. The van der Waals surface area contributed by atoms with Gasteiger partial charge in [-0.05, 0) is 36.4 Å². The van der Waals surface area contributed by atoms with E-state index in [1.165, 1.54) is 0 Å². The fourth-order valence-corrected chi connectivity index (χ4v) is 2.90. The number of pyridine rings is 1. The Hall–Kier alpha value is -3.87. The molecule has 0 atom stereocenters. The van der Waals surface area contributed by atoms with Gasteiger partial charge in [0.1, 0.15) is 0 Å². The van der Waals surface area contributed by atoms with E-state index in [1.807, 2.05) is 24.4 Å². The summed E-state index contributed by atoms with van der Waals surface area (Å²) in [4.78, 5) is 30.6. The Morgan fingerprint density at radius 1 is 1.19 bits per heavy atom. The van der Waals surface area contributed by atoms with Crippen LogP contribution >= 0.6 is 0 Å². The van der Waals surface area contributed by atoms with Gasteiger partial charge < -0.3 is 21.4 Å². The Labute approximate surface area is 149 Å². The number of hydrogen-bond donors (Lipinski definition) is 4. The van der Waals surface area contributed by atoms with Crippen LogP contribution < -0.4 is 16.4 Å². The third-order valence-corrected chi connectivity index (χ3v) is 4.07. The first-order valence-electron chi connectivity index (χ1n) is 7.93. The van der Waals surface area contributed by atoms with Gasteiger partial charge in [-0.25, -0.2) is 4.79 Å². The van der Waals surface area contributed by atoms with Crippen LogP contribution in [0.4, 0.5) is 16.2 Å². The first-order valence-corrected chi connectivity index (χ1v) is 7.93. The molecule has 2 aromatic heterocycles. The zero-order chi connectivity index (χ0) is 18.1. The summed E-state index contributed by atoms with van der Waals surface area (Å²) in [7, 11) is 0. The molecule has 0 bridgehead atoms. The van der Waals surface area contributed by atoms with Gasteiger partial charge >= 0.3 is 6.03 Å². The highest BCUT2D eigenvalue weighted by atomic mass is 16.2. The number of rotatable bonds is 3. The Kier molecular flexibility index (Phi) is 3.74. The number of urea groups is 1. The number of nitrogens with two attached hydrogens (primary N) is 1. The Balaban J connectivity index is 1.69. The zero-order valence-electron chi connectivity index (χ0n) is 13.6. The highest BCUT2D eigenvalue weighted by molar-refractivity contribution is 6.35. The van der Waals surface area contributed by atoms with Crippen LogP contribution in [0.2, 0.25) is 0 Å². The average molecular weight is 345 g/mol. The molecular weight excluding hydrogens is 330 g/mol. The van der Waals surface area contributed by atoms with Crippen molar-refractivity contribution in [3.63, 3.8) is 0 Å². The van der Waals surface area contributed by atoms with Crippen LogP contribution in [-0.2, 0) is 4.79 Å². The van der Waals surface area contributed by atoms with Gasteiger partial charge in [0.2, 0.25) is 0 Å². The number of hydrogen-bond acceptors (Lipinski definition) is 3. The van der Waals surface area contributed by atoms with Gasteiger partial charge in [0.05, 0.1) is 5.57 Å². The predicted octanol–water partition coefficient (Wildman–Crippen LogP) is 3.06. The van der Waals surface area contributed by atoms with Crippen LogP contribution in [0.3, 0.4) is 0 Å². The minimum absolute atomic E-state index is 0.200. The summed E-state index contributed by atoms with van der Waals surface area (Å²) < 4.78 is 0. The van der Waals surface area contributed by atoms with E-state index >= 15 is 0 Å². The maximum atomic E-state index is 12.3. The van der Waals surface area contributed by atoms with Crippen LogP contribution in [-0.4, -0.2) is 21.9 Å². The van der Waals surface area contributed by atoms with E-state index in [1.54, 1.807) is 36.7 Å². The molecule has 3 amide bonds. The number of aromatic amines is 1. The molecule has 5 N–H and O–H groups in total. The van der Waals surface area contributed by atoms with Crippen LogP contribution in [0, 0.1) is 0 Å². The lowest BCUT2D eigenvalue weighted by Crippen LogP contribution is -2.19. The topological polar surface area (TPSA) is 113 Å². The number of carbonyl (C=O) groups is 2. The predicted molar refractivity (Wildman–Crippen MR) is 100 cm³/mol. The summed E-state index contributed by atoms with van der Waals surface area (Å²) in [5.41, 5.74) is 10.3. The van der Waals surface area contributed by atoms with Gasteiger partial charge in [0.25, 0.3) is 5.91 Å². The Bertz CT molecular complexity index is 1040. The van der Waals surface area contributed by atoms with Gasteiger partial charge in [-0.2, -0.15) is 0 Å². The molecule has 1 aromatic carbocycles. The number of anilines is 2. The summed E-state index contributed by atoms with van der Waals surface area (Å²) in [6.45, 7) is 0. The maximum absolute atomic E-state index is 12.3. The quantitative estimate of drug-likeness (QED) is 0.547. The molecular formula is C19H15N5O2. The second-order valence-corrected chi connectivity index (χ2v) is 5.85. The first kappa shape index (κ1) is 15.6. The first-order chi connectivity index (χ1) is 12.6. The van der Waals surface area contributed by atoms with E-state index in [0.717, 1.165) is 16.8 Å². The average Bonchev–Trinajstić information content (AvgIpc) is 3.21. The number of carbonyl (C=O) groups excluding carboxylic acids is 2. The molecule has 0 fully saturated rings. The Morgan fingerprint density at radius 3 is 2.85 bits per heavy atom. The van der Waals surface area contributed by atoms with Crippen molar-refractivity contribution in [2.45, 2.75) is 0 Å². The highest BCUT2D eigenvalue weighted by Gasteiger charge is 2.24. The van der Waals surface area contributed by atoms with Gasteiger partial charge in [-0.1, -0.05) is 6.07 Å². The summed E-state index contributed by atoms with van der Waals surface area (Å²) in [5.74, 6) is -0.200. The van der Waals surface area contributed by atoms with E-state index in [9.17, 15) is 9.59 Å². The van der Waals surface area contributed by atoms with Crippen molar-refractivity contribution in [2.75, 3.05) is 10.6 Å². The minimum Gasteiger partial charge on any atom is -0.361 e. The summed E-state index contributed by atoms with van der Waals surface area (Å²) in [6, 6.07) is 10.3. The van der Waals surface area contributed by atoms with Crippen molar-refractivity contribution in [1.29, 1.82) is 0 Å². The molecule has 7 nitrogen and oxygen atoms in total. The lowest BCUT2D eigenvalue weighted by molar-refractivity contribution is -0.110. The summed E-state index contributed by atoms with van der Waals surface area (Å²) in [6.07, 6.45) is 7.13. The molecule has 0 unspecified atom stereocenters. The van der Waals surface area contributed by atoms with Crippen molar-refractivity contribution in [1.82, 2.24) is 9.97 Å². The van der Waals surface area contributed by atoms with Crippen LogP contribution in [0.15, 0.2) is 55.0 Å². The van der Waals surface area contributed by atoms with Crippen LogP contribution in [0.5, 0.6) is 0 Å². The normalized spacial score (nSPS) is 14.2. The monoisotopic (exact) mass is 345 g/mol. The maximum Gasteiger partial charge on any atom is 0.316 e. The smallest absolute Gasteiger partial charge is 0.316 e. The van der Waals surface area contributed by atoms with Crippen LogP contribution in [0.1, 0.15) is 11.3 Å². The molecule has 128 valence electrons. The molecule has 3 aromatic rings. The van der Waals surface area contributed by atoms with E-state index in [-0.39, 0.29) is 5.91 Å². The molecule has 3 heterocycles. The summed E-state index contributed by atoms with van der Waals surface area (Å²) >= 11 is 0. The van der Waals surface area contributed by atoms with E-state index in [4.69, 9.17) is 5.73 Å². The Morgan fingerprint density at radius 2 is 2.08 bits per heavy atom. The van der Waals surface area contributed by atoms with Gasteiger partial charge in [-0.15, -0.1) is 0 Å². The van der Waals surface area contributed by atoms with Crippen LogP contribution in [0.25, 0.3) is 22.8 Å². The van der Waals surface area contributed by atoms with E-state index in [2.05, 4.69) is 20.6 Å². The van der Waals surface area contributed by atoms with Gasteiger partial charge in [0, 0.05) is 52.3 Å². The molecule has 0 radical (unpaired) electrons. The molecule has 0 spiro atoms. The van der Waals surface area contributed by atoms with Crippen molar-refractivity contribution >= 4 is 35.0 Å². The lowest BCUT2D eigenvalue weighted by Gasteiger charge is -2.04. The number of amides is 3. The number of primary amides is 1. The lowest BCUT2D eigenvalue weighted by atomic mass is 10.0. The van der Waals surface area contributed by atoms with Crippen molar-refractivity contribution in [2.24, 2.45) is 5.73 Å². The molecule has 1 aliphatic heterocycles. The van der Waals surface area contributed by atoms with Gasteiger partial charge in [0.15, 0.2) is 0 Å². The third-order valence-electron chi connectivity index (χ3n) is 4.07. The third kappa shape index (κ3) is 2.93. The van der Waals surface area contributed by atoms with Gasteiger partial charge in [-0.3, -0.25) is 9.78 Å². The number of nitrogens with zero attached hydrogens (tertiary/aromatic N) is 1. The number of nitrogens with one attached hydrogen (secondary N) is 3. The molecule has 0 saturated carbocycles. The standard InChI is InChI=1S/C19H15N5O2/c20-19(26)23-13-3-4-17-15(7-13)16(18(25)24-17)8-14-6-12(10-22-14)11-2-1-5-21-9-11/h1-10,22H,(H,24,25)(H3,20,23,26). The molecule has 26 heavy (non-hydrogen) atoms.